The van der Waals surface area contributed by atoms with E-state index in [0.717, 1.165) is 10.5 Å². The Morgan fingerprint density at radius 3 is 2.78 bits per heavy atom. The molecular weight excluding hydrogens is 508 g/mol. The highest BCUT2D eigenvalue weighted by Gasteiger charge is 2.26. The molecule has 0 bridgehead atoms. The van der Waals surface area contributed by atoms with Crippen LogP contribution in [0.2, 0.25) is 0 Å². The van der Waals surface area contributed by atoms with Crippen molar-refractivity contribution in [1.29, 1.82) is 5.26 Å². The van der Waals surface area contributed by atoms with E-state index in [9.17, 15) is 18.5 Å². The molecule has 0 fully saturated rings. The minimum Gasteiger partial charge on any atom is -0.378 e. The van der Waals surface area contributed by atoms with Gasteiger partial charge < -0.3 is 5.32 Å². The number of halogens is 1. The number of fused-ring (bicyclic) bond motifs is 1. The molecule has 184 valence electrons. The number of nitro benzene ring substituents is 1. The fraction of sp³-hybridized carbons (Fsp3) is 0.0909. The number of hydrogen-bond donors (Lipinski definition) is 1. The Labute approximate surface area is 212 Å². The molecule has 0 aliphatic carbocycles. The summed E-state index contributed by atoms with van der Waals surface area (Å²) in [6.07, 6.45) is 5.98. The van der Waals surface area contributed by atoms with Gasteiger partial charge in [-0.05, 0) is 30.3 Å². The highest BCUT2D eigenvalue weighted by atomic mass is 35.5. The number of pyridine rings is 2. The number of benzene rings is 1. The third kappa shape index (κ3) is 5.40. The minimum atomic E-state index is -4.28. The van der Waals surface area contributed by atoms with Gasteiger partial charge in [-0.25, -0.2) is 4.52 Å². The maximum Gasteiger partial charge on any atom is 0.281 e. The number of anilines is 1. The number of hydrazone groups is 1. The zero-order chi connectivity index (χ0) is 25.0. The van der Waals surface area contributed by atoms with Gasteiger partial charge in [0.25, 0.3) is 15.7 Å². The van der Waals surface area contributed by atoms with Crippen LogP contribution in [-0.4, -0.2) is 45.6 Å². The molecule has 36 heavy (non-hydrogen) atoms. The maximum atomic E-state index is 13.3. The highest BCUT2D eigenvalue weighted by molar-refractivity contribution is 7.89. The lowest BCUT2D eigenvalue weighted by molar-refractivity contribution is -0.385. The summed E-state index contributed by atoms with van der Waals surface area (Å²) >= 11 is 0. The van der Waals surface area contributed by atoms with Crippen molar-refractivity contribution in [3.8, 4) is 6.07 Å². The van der Waals surface area contributed by atoms with Gasteiger partial charge in [-0.15, -0.1) is 12.4 Å². The molecular formula is C22H19ClN8O4S. The molecule has 0 aliphatic heterocycles. The second-order valence-electron chi connectivity index (χ2n) is 7.25. The Kier molecular flexibility index (Phi) is 7.83. The van der Waals surface area contributed by atoms with Gasteiger partial charge in [0.2, 0.25) is 0 Å². The Morgan fingerprint density at radius 2 is 2.08 bits per heavy atom. The average Bonchev–Trinajstić information content (AvgIpc) is 3.28. The first-order valence-corrected chi connectivity index (χ1v) is 11.6. The SMILES string of the molecule is CN(N=Cc1cnn2ccc(C#N)cc12)S(=O)(=O)c1cc([N+](=O)[O-])ccc1NCc1ccccn1.Cl. The lowest BCUT2D eigenvalue weighted by Crippen LogP contribution is -2.23. The second-order valence-corrected chi connectivity index (χ2v) is 9.17. The van der Waals surface area contributed by atoms with Gasteiger partial charge in [0.15, 0.2) is 0 Å². The van der Waals surface area contributed by atoms with E-state index in [0.29, 0.717) is 22.3 Å². The van der Waals surface area contributed by atoms with E-state index in [1.54, 1.807) is 42.7 Å². The molecule has 12 nitrogen and oxygen atoms in total. The van der Waals surface area contributed by atoms with Gasteiger partial charge in [0, 0.05) is 37.1 Å². The van der Waals surface area contributed by atoms with Crippen LogP contribution in [0.4, 0.5) is 11.4 Å². The van der Waals surface area contributed by atoms with Crippen molar-refractivity contribution < 1.29 is 13.3 Å². The number of rotatable bonds is 8. The first-order valence-electron chi connectivity index (χ1n) is 10.1. The summed E-state index contributed by atoms with van der Waals surface area (Å²) in [5.41, 5.74) is 1.90. The van der Waals surface area contributed by atoms with Crippen molar-refractivity contribution in [1.82, 2.24) is 19.0 Å². The summed E-state index contributed by atoms with van der Waals surface area (Å²) in [5, 5.41) is 31.6. The van der Waals surface area contributed by atoms with E-state index in [1.807, 2.05) is 6.07 Å². The third-order valence-electron chi connectivity index (χ3n) is 5.03. The number of nitro groups is 1. The first-order chi connectivity index (χ1) is 16.8. The van der Waals surface area contributed by atoms with Crippen LogP contribution < -0.4 is 5.32 Å². The summed E-state index contributed by atoms with van der Waals surface area (Å²) < 4.78 is 28.9. The molecule has 4 rings (SSSR count). The molecule has 0 unspecified atom stereocenters. The van der Waals surface area contributed by atoms with Crippen molar-refractivity contribution in [3.05, 3.63) is 94.1 Å². The number of nitriles is 1. The first kappa shape index (κ1) is 26.1. The smallest absolute Gasteiger partial charge is 0.281 e. The lowest BCUT2D eigenvalue weighted by Gasteiger charge is -2.17. The number of sulfonamides is 1. The molecule has 4 aromatic rings. The molecule has 14 heteroatoms. The molecule has 1 aromatic carbocycles. The van der Waals surface area contributed by atoms with Gasteiger partial charge in [0.05, 0.1) is 52.4 Å². The number of aromatic nitrogens is 3. The van der Waals surface area contributed by atoms with Crippen LogP contribution in [0.15, 0.2) is 77.1 Å². The van der Waals surface area contributed by atoms with E-state index in [1.165, 1.54) is 36.1 Å². The Balaban J connectivity index is 0.00000361. The molecule has 0 atom stereocenters. The molecule has 0 saturated carbocycles. The van der Waals surface area contributed by atoms with Crippen LogP contribution >= 0.6 is 12.4 Å². The number of non-ortho nitro benzene ring substituents is 1. The van der Waals surface area contributed by atoms with Crippen LogP contribution in [0.5, 0.6) is 0 Å². The van der Waals surface area contributed by atoms with Crippen LogP contribution in [0.1, 0.15) is 16.8 Å². The average molecular weight is 527 g/mol. The largest absolute Gasteiger partial charge is 0.378 e. The Bertz CT molecular complexity index is 1580. The zero-order valence-electron chi connectivity index (χ0n) is 18.7. The molecule has 3 heterocycles. The van der Waals surface area contributed by atoms with Crippen LogP contribution in [0.3, 0.4) is 0 Å². The topological polar surface area (TPSA) is 159 Å². The molecule has 0 amide bonds. The molecule has 0 saturated heterocycles. The fourth-order valence-corrected chi connectivity index (χ4v) is 4.33. The number of nitrogens with one attached hydrogen (secondary N) is 1. The number of hydrogen-bond acceptors (Lipinski definition) is 9. The van der Waals surface area contributed by atoms with Crippen LogP contribution in [0, 0.1) is 21.4 Å². The highest BCUT2D eigenvalue weighted by Crippen LogP contribution is 2.29. The number of nitrogens with zero attached hydrogens (tertiary/aromatic N) is 7. The van der Waals surface area contributed by atoms with E-state index in [2.05, 4.69) is 20.5 Å². The molecule has 1 N–H and O–H groups in total. The third-order valence-corrected chi connectivity index (χ3v) is 6.71. The van der Waals surface area contributed by atoms with E-state index in [4.69, 9.17) is 5.26 Å². The van der Waals surface area contributed by atoms with E-state index < -0.39 is 14.9 Å². The van der Waals surface area contributed by atoms with E-state index >= 15 is 0 Å². The van der Waals surface area contributed by atoms with Crippen LogP contribution in [-0.2, 0) is 16.6 Å². The summed E-state index contributed by atoms with van der Waals surface area (Å²) in [5.74, 6) is 0. The summed E-state index contributed by atoms with van der Waals surface area (Å²) in [4.78, 5) is 14.5. The van der Waals surface area contributed by atoms with Crippen molar-refractivity contribution in [2.45, 2.75) is 11.4 Å². The van der Waals surface area contributed by atoms with Crippen LogP contribution in [0.25, 0.3) is 5.52 Å². The maximum absolute atomic E-state index is 13.3. The van der Waals surface area contributed by atoms with Crippen molar-refractivity contribution in [2.75, 3.05) is 12.4 Å². The molecule has 0 spiro atoms. The monoisotopic (exact) mass is 526 g/mol. The quantitative estimate of drug-likeness (QED) is 0.208. The second kappa shape index (κ2) is 10.8. The summed E-state index contributed by atoms with van der Waals surface area (Å²) in [6, 6.07) is 14.1. The molecule has 3 aromatic heterocycles. The van der Waals surface area contributed by atoms with Gasteiger partial charge in [0.1, 0.15) is 4.90 Å². The zero-order valence-corrected chi connectivity index (χ0v) is 20.3. The fourth-order valence-electron chi connectivity index (χ4n) is 3.19. The Morgan fingerprint density at radius 1 is 1.28 bits per heavy atom. The predicted octanol–water partition coefficient (Wildman–Crippen LogP) is 3.20. The summed E-state index contributed by atoms with van der Waals surface area (Å²) in [6.45, 7) is 0.206. The predicted molar refractivity (Wildman–Crippen MR) is 134 cm³/mol. The van der Waals surface area contributed by atoms with Crippen molar-refractivity contribution in [3.63, 3.8) is 0 Å². The minimum absolute atomic E-state index is 0. The standard InChI is InChI=1S/C22H18N8O4S.ClH/c1-28(26-13-17-14-27-29-9-7-16(12-23)10-21(17)29)35(33,34)22-11-19(30(31)32)5-6-20(22)25-15-18-4-2-3-8-24-18;/h2-11,13-14,25H,15H2,1H3;1H. The van der Waals surface area contributed by atoms with Crippen molar-refractivity contribution in [2.24, 2.45) is 5.10 Å². The summed E-state index contributed by atoms with van der Waals surface area (Å²) in [7, 11) is -3.06. The molecule has 0 radical (unpaired) electrons. The van der Waals surface area contributed by atoms with Gasteiger partial charge in [-0.1, -0.05) is 6.07 Å². The lowest BCUT2D eigenvalue weighted by atomic mass is 10.2. The van der Waals surface area contributed by atoms with E-state index in [-0.39, 0.29) is 35.2 Å². The Hall–Kier alpha value is -4.54. The normalized spacial score (nSPS) is 11.1. The van der Waals surface area contributed by atoms with Gasteiger partial charge >= 0.3 is 0 Å². The van der Waals surface area contributed by atoms with Crippen molar-refractivity contribution >= 4 is 45.5 Å². The van der Waals surface area contributed by atoms with Gasteiger partial charge in [-0.2, -0.15) is 28.3 Å². The van der Waals surface area contributed by atoms with Gasteiger partial charge in [-0.3, -0.25) is 15.1 Å². The molecule has 0 aliphatic rings.